The lowest BCUT2D eigenvalue weighted by Gasteiger charge is -2.08. The van der Waals surface area contributed by atoms with Gasteiger partial charge >= 0.3 is 5.97 Å². The minimum Gasteiger partial charge on any atom is -0.456 e. The number of nitrogens with zero attached hydrogens (tertiary/aromatic N) is 1. The molecule has 1 amide bonds. The number of hydrogen-bond donors (Lipinski definition) is 1. The summed E-state index contributed by atoms with van der Waals surface area (Å²) in [4.78, 5) is 22.9. The number of ether oxygens (including phenoxy) is 1. The first-order chi connectivity index (χ1) is 10.0. The van der Waals surface area contributed by atoms with Gasteiger partial charge in [-0.25, -0.2) is 0 Å². The van der Waals surface area contributed by atoms with Crippen LogP contribution in [0.1, 0.15) is 31.4 Å². The fourth-order valence-corrected chi connectivity index (χ4v) is 1.58. The topological polar surface area (TPSA) is 79.2 Å². The number of carbonyl (C=O) groups is 2. The van der Waals surface area contributed by atoms with Crippen LogP contribution in [0.4, 0.5) is 0 Å². The van der Waals surface area contributed by atoms with Crippen molar-refractivity contribution >= 4 is 11.9 Å². The van der Waals surface area contributed by atoms with Gasteiger partial charge in [-0.1, -0.05) is 26.0 Å². The van der Waals surface area contributed by atoms with Gasteiger partial charge in [0, 0.05) is 13.0 Å². The summed E-state index contributed by atoms with van der Waals surface area (Å²) < 4.78 is 4.90. The molecule has 0 aliphatic rings. The largest absolute Gasteiger partial charge is 0.456 e. The van der Waals surface area contributed by atoms with Crippen molar-refractivity contribution in [2.75, 3.05) is 13.2 Å². The highest BCUT2D eigenvalue weighted by Crippen LogP contribution is 2.06. The molecule has 5 heteroatoms. The maximum Gasteiger partial charge on any atom is 0.306 e. The Bertz CT molecular complexity index is 515. The van der Waals surface area contributed by atoms with Crippen molar-refractivity contribution in [1.82, 2.24) is 5.32 Å². The van der Waals surface area contributed by atoms with E-state index in [0.29, 0.717) is 24.4 Å². The maximum absolute atomic E-state index is 11.5. The molecule has 1 rings (SSSR count). The molecular weight excluding hydrogens is 268 g/mol. The quantitative estimate of drug-likeness (QED) is 0.776. The molecular formula is C16H20N2O3. The van der Waals surface area contributed by atoms with Gasteiger partial charge in [0.2, 0.25) is 0 Å². The molecule has 112 valence electrons. The Morgan fingerprint density at radius 2 is 1.95 bits per heavy atom. The van der Waals surface area contributed by atoms with Crippen molar-refractivity contribution in [3.63, 3.8) is 0 Å². The number of rotatable bonds is 7. The van der Waals surface area contributed by atoms with Gasteiger partial charge in [-0.2, -0.15) is 5.26 Å². The minimum atomic E-state index is -0.404. The highest BCUT2D eigenvalue weighted by atomic mass is 16.5. The predicted octanol–water partition coefficient (Wildman–Crippen LogP) is 1.81. The van der Waals surface area contributed by atoms with E-state index in [1.54, 1.807) is 24.3 Å². The molecule has 0 aliphatic heterocycles. The smallest absolute Gasteiger partial charge is 0.306 e. The Labute approximate surface area is 124 Å². The average Bonchev–Trinajstić information content (AvgIpc) is 2.49. The van der Waals surface area contributed by atoms with E-state index in [2.05, 4.69) is 5.32 Å². The third-order valence-electron chi connectivity index (χ3n) is 2.77. The first-order valence-corrected chi connectivity index (χ1v) is 6.92. The summed E-state index contributed by atoms with van der Waals surface area (Å²) in [5.74, 6) is -0.324. The summed E-state index contributed by atoms with van der Waals surface area (Å²) >= 11 is 0. The highest BCUT2D eigenvalue weighted by Gasteiger charge is 2.08. The molecule has 0 unspecified atom stereocenters. The van der Waals surface area contributed by atoms with E-state index < -0.39 is 5.97 Å². The second-order valence-corrected chi connectivity index (χ2v) is 5.17. The van der Waals surface area contributed by atoms with Gasteiger partial charge in [-0.05, 0) is 30.0 Å². The summed E-state index contributed by atoms with van der Waals surface area (Å²) in [5, 5.41) is 11.4. The van der Waals surface area contributed by atoms with Gasteiger partial charge in [0.05, 0.1) is 11.6 Å². The first-order valence-electron chi connectivity index (χ1n) is 6.92. The lowest BCUT2D eigenvalue weighted by molar-refractivity contribution is -0.148. The van der Waals surface area contributed by atoms with Crippen molar-refractivity contribution in [1.29, 1.82) is 5.26 Å². The lowest BCUT2D eigenvalue weighted by Crippen LogP contribution is -2.31. The molecule has 1 N–H and O–H groups in total. The van der Waals surface area contributed by atoms with Crippen LogP contribution in [0.25, 0.3) is 0 Å². The van der Waals surface area contributed by atoms with Gasteiger partial charge in [-0.15, -0.1) is 0 Å². The molecule has 0 saturated heterocycles. The molecule has 0 radical (unpaired) electrons. The molecule has 5 nitrogen and oxygen atoms in total. The zero-order valence-electron chi connectivity index (χ0n) is 12.4. The third kappa shape index (κ3) is 7.11. The van der Waals surface area contributed by atoms with E-state index >= 15 is 0 Å². The van der Waals surface area contributed by atoms with Gasteiger partial charge in [0.15, 0.2) is 6.61 Å². The normalized spacial score (nSPS) is 10.0. The van der Waals surface area contributed by atoms with Gasteiger partial charge in [-0.3, -0.25) is 9.59 Å². The van der Waals surface area contributed by atoms with Crippen LogP contribution >= 0.6 is 0 Å². The maximum atomic E-state index is 11.5. The van der Waals surface area contributed by atoms with E-state index in [1.165, 1.54) is 0 Å². The number of nitriles is 1. The van der Waals surface area contributed by atoms with Crippen LogP contribution in [0.2, 0.25) is 0 Å². The summed E-state index contributed by atoms with van der Waals surface area (Å²) in [7, 11) is 0. The molecule has 1 aromatic carbocycles. The Balaban J connectivity index is 2.24. The lowest BCUT2D eigenvalue weighted by atomic mass is 10.1. The molecule has 0 spiro atoms. The molecule has 0 aromatic heterocycles. The molecule has 0 aliphatic carbocycles. The molecule has 21 heavy (non-hydrogen) atoms. The minimum absolute atomic E-state index is 0.212. The third-order valence-corrected chi connectivity index (χ3v) is 2.77. The second-order valence-electron chi connectivity index (χ2n) is 5.17. The molecule has 0 heterocycles. The van der Waals surface area contributed by atoms with E-state index in [4.69, 9.17) is 10.00 Å². The summed E-state index contributed by atoms with van der Waals surface area (Å²) in [6.07, 6.45) is 0.738. The number of carbonyl (C=O) groups excluding carboxylic acids is 2. The van der Waals surface area contributed by atoms with Crippen molar-refractivity contribution in [2.45, 2.75) is 26.7 Å². The Hall–Kier alpha value is -2.35. The monoisotopic (exact) mass is 288 g/mol. The second kappa shape index (κ2) is 8.75. The number of nitrogens with one attached hydrogen (secondary N) is 1. The van der Waals surface area contributed by atoms with Crippen LogP contribution in [0.5, 0.6) is 0 Å². The summed E-state index contributed by atoms with van der Waals surface area (Å²) in [6, 6.07) is 9.07. The molecule has 0 saturated carbocycles. The van der Waals surface area contributed by atoms with Crippen LogP contribution in [0.3, 0.4) is 0 Å². The molecule has 0 atom stereocenters. The fourth-order valence-electron chi connectivity index (χ4n) is 1.58. The number of benzene rings is 1. The van der Waals surface area contributed by atoms with Crippen LogP contribution in [0.15, 0.2) is 24.3 Å². The summed E-state index contributed by atoms with van der Waals surface area (Å²) in [6.45, 7) is 4.31. The van der Waals surface area contributed by atoms with Crippen molar-refractivity contribution in [2.24, 2.45) is 5.92 Å². The zero-order valence-corrected chi connectivity index (χ0v) is 12.4. The Morgan fingerprint density at radius 3 is 2.52 bits per heavy atom. The highest BCUT2D eigenvalue weighted by molar-refractivity contribution is 5.80. The first kappa shape index (κ1) is 16.7. The van der Waals surface area contributed by atoms with Crippen molar-refractivity contribution in [3.8, 4) is 6.07 Å². The van der Waals surface area contributed by atoms with E-state index in [0.717, 1.165) is 5.56 Å². The van der Waals surface area contributed by atoms with Crippen molar-refractivity contribution < 1.29 is 14.3 Å². The number of esters is 1. The molecule has 1 aromatic rings. The fraction of sp³-hybridized carbons (Fsp3) is 0.438. The van der Waals surface area contributed by atoms with Gasteiger partial charge in [0.25, 0.3) is 5.91 Å². The van der Waals surface area contributed by atoms with Crippen LogP contribution in [-0.2, 0) is 20.7 Å². The van der Waals surface area contributed by atoms with E-state index in [-0.39, 0.29) is 18.9 Å². The van der Waals surface area contributed by atoms with E-state index in [1.807, 2.05) is 19.9 Å². The number of aryl methyl sites for hydroxylation is 1. The molecule has 0 bridgehead atoms. The van der Waals surface area contributed by atoms with Crippen LogP contribution in [-0.4, -0.2) is 25.0 Å². The van der Waals surface area contributed by atoms with Crippen LogP contribution < -0.4 is 5.32 Å². The predicted molar refractivity (Wildman–Crippen MR) is 78.3 cm³/mol. The Morgan fingerprint density at radius 1 is 1.29 bits per heavy atom. The standard InChI is InChI=1S/C16H20N2O3/c1-12(2)10-18-15(19)11-21-16(20)8-7-13-3-5-14(9-17)6-4-13/h3-6,12H,7-8,10-11H2,1-2H3,(H,18,19). The Kier molecular flexibility index (Phi) is 6.96. The SMILES string of the molecule is CC(C)CNC(=O)COC(=O)CCc1ccc(C#N)cc1. The average molecular weight is 288 g/mol. The number of hydrogen-bond acceptors (Lipinski definition) is 4. The molecule has 0 fully saturated rings. The van der Waals surface area contributed by atoms with Crippen LogP contribution in [0, 0.1) is 17.2 Å². The zero-order chi connectivity index (χ0) is 15.7. The van der Waals surface area contributed by atoms with Gasteiger partial charge in [0.1, 0.15) is 0 Å². The van der Waals surface area contributed by atoms with Crippen molar-refractivity contribution in [3.05, 3.63) is 35.4 Å². The van der Waals surface area contributed by atoms with Gasteiger partial charge < -0.3 is 10.1 Å². The number of amides is 1. The summed E-state index contributed by atoms with van der Waals surface area (Å²) in [5.41, 5.74) is 1.54. The van der Waals surface area contributed by atoms with E-state index in [9.17, 15) is 9.59 Å².